The molecule has 0 aliphatic rings. The van der Waals surface area contributed by atoms with Gasteiger partial charge in [-0.05, 0) is 12.0 Å². The maximum absolute atomic E-state index is 9.75. The summed E-state index contributed by atoms with van der Waals surface area (Å²) in [7, 11) is -18.0. The Kier molecular flexibility index (Phi) is 21.5. The molecule has 0 atom stereocenters. The third-order valence-electron chi connectivity index (χ3n) is 1.38. The molecule has 0 N–H and O–H groups in total. The van der Waals surface area contributed by atoms with Crippen LogP contribution in [0.2, 0.25) is 0 Å². The van der Waals surface area contributed by atoms with Crippen LogP contribution in [0.15, 0.2) is 30.3 Å². The molecule has 0 radical (unpaired) electrons. The van der Waals surface area contributed by atoms with Crippen LogP contribution in [0.3, 0.4) is 0 Å². The van der Waals surface area contributed by atoms with E-state index in [1.165, 1.54) is 18.4 Å². The summed E-state index contributed by atoms with van der Waals surface area (Å²) >= 11 is 0. The van der Waals surface area contributed by atoms with Crippen molar-refractivity contribution < 1.29 is 51.8 Å². The van der Waals surface area contributed by atoms with E-state index in [-0.39, 0.29) is 51.4 Å². The molecule has 0 aromatic heterocycles. The Labute approximate surface area is 179 Å². The van der Waals surface area contributed by atoms with E-state index in [1.54, 1.807) is 0 Å². The summed E-state index contributed by atoms with van der Waals surface area (Å²) in [6.07, 6.45) is 2.45. The van der Waals surface area contributed by atoms with Crippen molar-refractivity contribution in [3.8, 4) is 0 Å². The predicted molar refractivity (Wildman–Crippen MR) is 78.1 cm³/mol. The van der Waals surface area contributed by atoms with Crippen LogP contribution in [-0.4, -0.2) is 73.1 Å². The first-order chi connectivity index (χ1) is 10.4. The fourth-order valence-electron chi connectivity index (χ4n) is 0.933. The molecule has 1 aromatic rings. The molecule has 1 rings (SSSR count). The van der Waals surface area contributed by atoms with E-state index in [1.807, 2.05) is 0 Å². The number of rotatable bonds is 2. The van der Waals surface area contributed by atoms with Crippen LogP contribution in [0.4, 0.5) is 51.8 Å². The van der Waals surface area contributed by atoms with Gasteiger partial charge in [0.05, 0.1) is 0 Å². The number of hydrogen-bond donors (Lipinski definition) is 0. The molecule has 0 aliphatic carbocycles. The molecule has 0 aliphatic heterocycles. The Morgan fingerprint density at radius 2 is 0.840 bits per heavy atom. The van der Waals surface area contributed by atoms with Crippen LogP contribution in [0.25, 0.3) is 0 Å². The Morgan fingerprint density at radius 3 is 1.04 bits per heavy atom. The van der Waals surface area contributed by atoms with Crippen LogP contribution < -0.4 is 0 Å². The van der Waals surface area contributed by atoms with Crippen molar-refractivity contribution in [2.75, 3.05) is 0 Å². The van der Waals surface area contributed by atoms with Gasteiger partial charge < -0.3 is 51.8 Å². The molecule has 1 aromatic carbocycles. The molecule has 0 bridgehead atoms. The summed E-state index contributed by atoms with van der Waals surface area (Å²) in [6, 6.07) is 10.6. The van der Waals surface area contributed by atoms with E-state index in [9.17, 15) is 51.8 Å². The van der Waals surface area contributed by atoms with E-state index >= 15 is 0 Å². The zero-order valence-electron chi connectivity index (χ0n) is 12.1. The zero-order valence-corrected chi connectivity index (χ0v) is 12.1. The maximum atomic E-state index is 9.75. The second-order valence-corrected chi connectivity index (χ2v) is 3.72. The molecule has 0 nitrogen and oxygen atoms in total. The van der Waals surface area contributed by atoms with E-state index in [2.05, 4.69) is 37.3 Å². The molecule has 0 saturated carbocycles. The quantitative estimate of drug-likeness (QED) is 0.413. The van der Waals surface area contributed by atoms with Crippen molar-refractivity contribution >= 4 is 73.1 Å². The Hall–Kier alpha value is 0.211. The van der Waals surface area contributed by atoms with E-state index < -0.39 is 21.8 Å². The fourth-order valence-corrected chi connectivity index (χ4v) is 0.933. The van der Waals surface area contributed by atoms with Crippen LogP contribution in [0, 0.1) is 0 Å². The molecular weight excluding hydrogens is 408 g/mol. The molecule has 0 heterocycles. The Balaban J connectivity index is -0.000000122. The van der Waals surface area contributed by atoms with Gasteiger partial charge in [-0.15, -0.1) is 0 Å². The third kappa shape index (κ3) is 95.0. The normalized spacial score (nSPS) is 10.6. The van der Waals surface area contributed by atoms with E-state index in [0.29, 0.717) is 0 Å². The number of halogens is 12. The van der Waals surface area contributed by atoms with Gasteiger partial charge in [0, 0.05) is 0 Å². The predicted octanol–water partition coefficient (Wildman–Crippen LogP) is 5.89. The van der Waals surface area contributed by atoms with Crippen LogP contribution >= 0.6 is 0 Å². The van der Waals surface area contributed by atoms with Gasteiger partial charge in [0.15, 0.2) is 0 Å². The monoisotopic (exact) mass is 421 g/mol. The molecule has 146 valence electrons. The second-order valence-electron chi connectivity index (χ2n) is 3.72. The Bertz CT molecular complexity index is 345. The number of benzene rings is 1. The topological polar surface area (TPSA) is 0 Å². The van der Waals surface area contributed by atoms with Gasteiger partial charge in [0.2, 0.25) is 0 Å². The zero-order chi connectivity index (χ0) is 20.0. The van der Waals surface area contributed by atoms with E-state index in [0.717, 1.165) is 0 Å². The second kappa shape index (κ2) is 16.4. The van der Waals surface area contributed by atoms with Crippen molar-refractivity contribution in [1.29, 1.82) is 0 Å². The van der Waals surface area contributed by atoms with Crippen LogP contribution in [0.1, 0.15) is 18.9 Å². The summed E-state index contributed by atoms with van der Waals surface area (Å²) in [6.45, 7) is 2.20. The van der Waals surface area contributed by atoms with Gasteiger partial charge in [-0.3, -0.25) is 0 Å². The van der Waals surface area contributed by atoms with Crippen molar-refractivity contribution in [2.45, 2.75) is 19.8 Å². The van der Waals surface area contributed by atoms with Crippen LogP contribution in [0.5, 0.6) is 0 Å². The van der Waals surface area contributed by atoms with Gasteiger partial charge in [-0.2, -0.15) is 0 Å². The summed E-state index contributed by atoms with van der Waals surface area (Å²) < 4.78 is 117. The molecule has 0 saturated heterocycles. The minimum atomic E-state index is -6.00. The van der Waals surface area contributed by atoms with Gasteiger partial charge in [-0.1, -0.05) is 43.7 Å². The summed E-state index contributed by atoms with van der Waals surface area (Å²) in [5.41, 5.74) is 1.44. The molecule has 0 fully saturated rings. The molecular formula is C9H13B3F12K-3. The molecule has 16 heteroatoms. The van der Waals surface area contributed by atoms with Gasteiger partial charge >= 0.3 is 73.1 Å². The van der Waals surface area contributed by atoms with Crippen LogP contribution in [-0.2, 0) is 6.42 Å². The van der Waals surface area contributed by atoms with Crippen molar-refractivity contribution in [1.82, 2.24) is 0 Å². The number of hydrogen-bond acceptors (Lipinski definition) is 0. The summed E-state index contributed by atoms with van der Waals surface area (Å²) in [5, 5.41) is 0. The van der Waals surface area contributed by atoms with Gasteiger partial charge in [-0.25, -0.2) is 0 Å². The third-order valence-corrected chi connectivity index (χ3v) is 1.38. The molecule has 25 heavy (non-hydrogen) atoms. The minimum absolute atomic E-state index is 0. The first-order valence-corrected chi connectivity index (χ1v) is 6.09. The van der Waals surface area contributed by atoms with Gasteiger partial charge in [0.1, 0.15) is 0 Å². The summed E-state index contributed by atoms with van der Waals surface area (Å²) in [4.78, 5) is 0. The fraction of sp³-hybridized carbons (Fsp3) is 0.333. The molecule has 0 unspecified atom stereocenters. The molecule has 0 spiro atoms. The summed E-state index contributed by atoms with van der Waals surface area (Å²) in [5.74, 6) is 0. The van der Waals surface area contributed by atoms with Crippen molar-refractivity contribution in [2.24, 2.45) is 0 Å². The first kappa shape index (κ1) is 32.8. The van der Waals surface area contributed by atoms with Crippen molar-refractivity contribution in [3.63, 3.8) is 0 Å². The van der Waals surface area contributed by atoms with E-state index in [4.69, 9.17) is 0 Å². The number of aryl methyl sites for hydroxylation is 1. The average molecular weight is 421 g/mol. The average Bonchev–Trinajstić information content (AvgIpc) is 2.23. The standard InChI is InChI=1S/C9H12.3BF4.K.H/c1-2-6-9-7-4-3-5-8-9;3*2-1(3,4)5;;/h3-5,7-8H,2,6H2,1H3;;;;;/q;3*-1;;. The molecule has 0 amide bonds. The van der Waals surface area contributed by atoms with Gasteiger partial charge in [0.25, 0.3) is 0 Å². The Morgan fingerprint density at radius 1 is 0.600 bits per heavy atom. The SMILES string of the molecule is CCCc1ccccc1.F[B-](F)(F)F.F[B-](F)(F)F.F[B-](F)(F)F.[KH]. The van der Waals surface area contributed by atoms with Crippen molar-refractivity contribution in [3.05, 3.63) is 35.9 Å². The first-order valence-electron chi connectivity index (χ1n) is 6.09.